The Balaban J connectivity index is 1.57. The van der Waals surface area contributed by atoms with Gasteiger partial charge in [-0.25, -0.2) is 4.98 Å². The predicted octanol–water partition coefficient (Wildman–Crippen LogP) is 5.33. The number of pyridine rings is 1. The molecule has 1 saturated heterocycles. The number of anilines is 1. The van der Waals surface area contributed by atoms with Crippen LogP contribution in [0.15, 0.2) is 60.2 Å². The fourth-order valence-electron chi connectivity index (χ4n) is 4.16. The number of likely N-dealkylation sites (tertiary alicyclic amines) is 1. The van der Waals surface area contributed by atoms with Crippen molar-refractivity contribution in [3.8, 4) is 0 Å². The van der Waals surface area contributed by atoms with Crippen LogP contribution < -0.4 is 5.32 Å². The van der Waals surface area contributed by atoms with E-state index < -0.39 is 0 Å². The van der Waals surface area contributed by atoms with Crippen LogP contribution in [0, 0.1) is 0 Å². The van der Waals surface area contributed by atoms with Crippen molar-refractivity contribution in [2.45, 2.75) is 51.1 Å². The Bertz CT molecular complexity index is 907. The minimum absolute atomic E-state index is 0.00961. The molecule has 0 aliphatic carbocycles. The van der Waals surface area contributed by atoms with Gasteiger partial charge in [-0.05, 0) is 70.0 Å². The summed E-state index contributed by atoms with van der Waals surface area (Å²) < 4.78 is 0. The summed E-state index contributed by atoms with van der Waals surface area (Å²) in [6, 6.07) is 15.2. The third-order valence-electron chi connectivity index (χ3n) is 5.67. The number of nitrogens with zero attached hydrogens (tertiary/aromatic N) is 3. The zero-order valence-corrected chi connectivity index (χ0v) is 18.4. The summed E-state index contributed by atoms with van der Waals surface area (Å²) in [7, 11) is 0. The minimum Gasteiger partial charge on any atom is -0.357 e. The number of aromatic nitrogens is 2. The van der Waals surface area contributed by atoms with E-state index in [1.54, 1.807) is 11.3 Å². The summed E-state index contributed by atoms with van der Waals surface area (Å²) in [5, 5.41) is 6.82. The molecular weight excluding hydrogens is 376 g/mol. The smallest absolute Gasteiger partial charge is 0.183 e. The Morgan fingerprint density at radius 2 is 1.72 bits per heavy atom. The third-order valence-corrected chi connectivity index (χ3v) is 6.43. The van der Waals surface area contributed by atoms with Crippen molar-refractivity contribution >= 4 is 16.5 Å². The molecule has 3 heterocycles. The van der Waals surface area contributed by atoms with Crippen LogP contribution in [0.2, 0.25) is 0 Å². The highest BCUT2D eigenvalue weighted by atomic mass is 32.1. The summed E-state index contributed by atoms with van der Waals surface area (Å²) in [6.45, 7) is 9.66. The summed E-state index contributed by atoms with van der Waals surface area (Å²) >= 11 is 1.72. The number of piperidine rings is 1. The zero-order valence-electron chi connectivity index (χ0n) is 17.6. The fourth-order valence-corrected chi connectivity index (χ4v) is 5.18. The van der Waals surface area contributed by atoms with Gasteiger partial charge in [-0.2, -0.15) is 0 Å². The van der Waals surface area contributed by atoms with Gasteiger partial charge in [-0.15, -0.1) is 11.3 Å². The molecule has 4 rings (SSSR count). The van der Waals surface area contributed by atoms with Gasteiger partial charge in [0.05, 0.1) is 5.69 Å². The molecule has 0 saturated carbocycles. The van der Waals surface area contributed by atoms with E-state index in [-0.39, 0.29) is 11.0 Å². The summed E-state index contributed by atoms with van der Waals surface area (Å²) in [6.07, 6.45) is 5.93. The highest BCUT2D eigenvalue weighted by Gasteiger charge is 2.39. The lowest BCUT2D eigenvalue weighted by atomic mass is 9.70. The second-order valence-electron chi connectivity index (χ2n) is 8.99. The molecule has 29 heavy (non-hydrogen) atoms. The van der Waals surface area contributed by atoms with Crippen molar-refractivity contribution in [2.24, 2.45) is 0 Å². The van der Waals surface area contributed by atoms with Crippen LogP contribution in [0.4, 0.5) is 5.13 Å². The summed E-state index contributed by atoms with van der Waals surface area (Å²) in [5.41, 5.74) is 3.94. The lowest BCUT2D eigenvalue weighted by molar-refractivity contribution is 0.170. The van der Waals surface area contributed by atoms with Gasteiger partial charge in [0.15, 0.2) is 5.13 Å². The average Bonchev–Trinajstić information content (AvgIpc) is 3.17. The molecule has 1 aliphatic rings. The second kappa shape index (κ2) is 8.25. The van der Waals surface area contributed by atoms with Gasteiger partial charge < -0.3 is 5.32 Å². The van der Waals surface area contributed by atoms with E-state index >= 15 is 0 Å². The van der Waals surface area contributed by atoms with Crippen LogP contribution in [0.5, 0.6) is 0 Å². The van der Waals surface area contributed by atoms with Crippen molar-refractivity contribution in [1.82, 2.24) is 14.9 Å². The molecule has 1 aromatic carbocycles. The van der Waals surface area contributed by atoms with Crippen molar-refractivity contribution in [3.05, 3.63) is 77.1 Å². The van der Waals surface area contributed by atoms with E-state index in [2.05, 4.69) is 83.8 Å². The van der Waals surface area contributed by atoms with Crippen LogP contribution in [-0.2, 0) is 12.0 Å². The first-order valence-electron chi connectivity index (χ1n) is 10.4. The van der Waals surface area contributed by atoms with Gasteiger partial charge in [0, 0.05) is 35.3 Å². The van der Waals surface area contributed by atoms with Gasteiger partial charge in [0.1, 0.15) is 0 Å². The molecule has 0 spiro atoms. The maximum Gasteiger partial charge on any atom is 0.183 e. The lowest BCUT2D eigenvalue weighted by Crippen LogP contribution is -2.43. The van der Waals surface area contributed by atoms with E-state index in [1.165, 1.54) is 16.8 Å². The normalized spacial score (nSPS) is 17.2. The molecule has 1 N–H and O–H groups in total. The number of benzene rings is 1. The van der Waals surface area contributed by atoms with E-state index in [1.807, 2.05) is 12.4 Å². The minimum atomic E-state index is -0.00961. The van der Waals surface area contributed by atoms with E-state index in [9.17, 15) is 0 Å². The van der Waals surface area contributed by atoms with Crippen LogP contribution >= 0.6 is 11.3 Å². The molecule has 0 unspecified atom stereocenters. The van der Waals surface area contributed by atoms with Gasteiger partial charge in [0.25, 0.3) is 0 Å². The molecule has 4 nitrogen and oxygen atoms in total. The molecule has 152 valence electrons. The number of rotatable bonds is 5. The standard InChI is InChI=1S/C24H30N4S/c1-23(2,3)27-22-26-21(18-29-22)24(20-7-5-4-6-8-20)11-15-28(16-12-24)17-19-9-13-25-14-10-19/h4-10,13-14,18H,11-12,15-17H2,1-3H3,(H,26,27). The van der Waals surface area contributed by atoms with Crippen molar-refractivity contribution in [1.29, 1.82) is 0 Å². The first kappa shape index (κ1) is 20.0. The topological polar surface area (TPSA) is 41.1 Å². The quantitative estimate of drug-likeness (QED) is 0.622. The zero-order chi connectivity index (χ0) is 20.3. The van der Waals surface area contributed by atoms with Crippen LogP contribution in [-0.4, -0.2) is 33.5 Å². The highest BCUT2D eigenvalue weighted by molar-refractivity contribution is 7.13. The Labute approximate surface area is 178 Å². The molecule has 5 heteroatoms. The Morgan fingerprint density at radius 3 is 2.38 bits per heavy atom. The van der Waals surface area contributed by atoms with Crippen LogP contribution in [0.3, 0.4) is 0 Å². The lowest BCUT2D eigenvalue weighted by Gasteiger charge is -2.41. The largest absolute Gasteiger partial charge is 0.357 e. The molecule has 0 atom stereocenters. The van der Waals surface area contributed by atoms with E-state index in [4.69, 9.17) is 4.98 Å². The van der Waals surface area contributed by atoms with Crippen LogP contribution in [0.25, 0.3) is 0 Å². The molecule has 3 aromatic rings. The van der Waals surface area contributed by atoms with Gasteiger partial charge >= 0.3 is 0 Å². The maximum atomic E-state index is 5.06. The molecule has 2 aromatic heterocycles. The predicted molar refractivity (Wildman–Crippen MR) is 121 cm³/mol. The first-order chi connectivity index (χ1) is 13.9. The molecule has 0 bridgehead atoms. The molecule has 0 radical (unpaired) electrons. The van der Waals surface area contributed by atoms with Gasteiger partial charge in [-0.3, -0.25) is 9.88 Å². The van der Waals surface area contributed by atoms with Crippen molar-refractivity contribution < 1.29 is 0 Å². The Morgan fingerprint density at radius 1 is 1.03 bits per heavy atom. The van der Waals surface area contributed by atoms with Gasteiger partial charge in [0.2, 0.25) is 0 Å². The molecule has 0 amide bonds. The molecule has 1 aliphatic heterocycles. The number of hydrogen-bond acceptors (Lipinski definition) is 5. The van der Waals surface area contributed by atoms with E-state index in [0.29, 0.717) is 0 Å². The SMILES string of the molecule is CC(C)(C)Nc1nc(C2(c3ccccc3)CCN(Cc3ccncc3)CC2)cs1. The fraction of sp³-hybridized carbons (Fsp3) is 0.417. The molecular formula is C24H30N4S. The number of hydrogen-bond donors (Lipinski definition) is 1. The molecule has 1 fully saturated rings. The maximum absolute atomic E-state index is 5.06. The monoisotopic (exact) mass is 406 g/mol. The highest BCUT2D eigenvalue weighted by Crippen LogP contribution is 2.43. The second-order valence-corrected chi connectivity index (χ2v) is 9.85. The Kier molecular flexibility index (Phi) is 5.70. The summed E-state index contributed by atoms with van der Waals surface area (Å²) in [5.74, 6) is 0. The third kappa shape index (κ3) is 4.68. The van der Waals surface area contributed by atoms with Crippen molar-refractivity contribution in [2.75, 3.05) is 18.4 Å². The Hall–Kier alpha value is -2.24. The first-order valence-corrected chi connectivity index (χ1v) is 11.2. The summed E-state index contributed by atoms with van der Waals surface area (Å²) in [4.78, 5) is 11.7. The van der Waals surface area contributed by atoms with E-state index in [0.717, 1.165) is 37.6 Å². The number of nitrogens with one attached hydrogen (secondary N) is 1. The van der Waals surface area contributed by atoms with Gasteiger partial charge in [-0.1, -0.05) is 30.3 Å². The average molecular weight is 407 g/mol. The van der Waals surface area contributed by atoms with Crippen LogP contribution in [0.1, 0.15) is 50.4 Å². The van der Waals surface area contributed by atoms with Crippen molar-refractivity contribution in [3.63, 3.8) is 0 Å². The number of thiazole rings is 1.